The second-order valence-electron chi connectivity index (χ2n) is 4.00. The minimum Gasteiger partial charge on any atom is -0.385 e. The van der Waals surface area contributed by atoms with Crippen molar-refractivity contribution in [2.75, 3.05) is 25.6 Å². The molecule has 0 bridgehead atoms. The number of nitrogens with one attached hydrogen (secondary N) is 1. The summed E-state index contributed by atoms with van der Waals surface area (Å²) in [7, 11) is 1.68. The summed E-state index contributed by atoms with van der Waals surface area (Å²) in [5.41, 5.74) is 6.37. The van der Waals surface area contributed by atoms with Crippen LogP contribution >= 0.6 is 11.6 Å². The maximum Gasteiger partial charge on any atom is 0.250 e. The number of carbonyl (C=O) groups is 1. The lowest BCUT2D eigenvalue weighted by Crippen LogP contribution is -2.16. The zero-order chi connectivity index (χ0) is 12.8. The van der Waals surface area contributed by atoms with Crippen molar-refractivity contribution in [3.63, 3.8) is 0 Å². The Morgan fingerprint density at radius 1 is 1.59 bits per heavy atom. The molecule has 1 rings (SSSR count). The van der Waals surface area contributed by atoms with E-state index in [0.29, 0.717) is 23.1 Å². The van der Waals surface area contributed by atoms with Gasteiger partial charge in [0.2, 0.25) is 5.91 Å². The second-order valence-corrected chi connectivity index (χ2v) is 4.41. The molecule has 3 N–H and O–H groups in total. The Hall–Kier alpha value is -1.26. The number of carbonyl (C=O) groups excluding carboxylic acids is 1. The number of primary amides is 1. The van der Waals surface area contributed by atoms with E-state index in [1.54, 1.807) is 25.3 Å². The first kappa shape index (κ1) is 13.8. The van der Waals surface area contributed by atoms with Crippen molar-refractivity contribution >= 4 is 23.2 Å². The molecule has 0 aliphatic carbocycles. The molecule has 0 heterocycles. The topological polar surface area (TPSA) is 64.3 Å². The third kappa shape index (κ3) is 4.24. The van der Waals surface area contributed by atoms with Crippen molar-refractivity contribution in [2.45, 2.75) is 6.92 Å². The van der Waals surface area contributed by atoms with Crippen LogP contribution in [0.3, 0.4) is 0 Å². The maximum absolute atomic E-state index is 11.0. The molecule has 4 nitrogen and oxygen atoms in total. The molecule has 1 unspecified atom stereocenters. The summed E-state index contributed by atoms with van der Waals surface area (Å²) in [6, 6.07) is 5.10. The summed E-state index contributed by atoms with van der Waals surface area (Å²) < 4.78 is 5.04. The van der Waals surface area contributed by atoms with Gasteiger partial charge in [-0.1, -0.05) is 18.5 Å². The van der Waals surface area contributed by atoms with Crippen LogP contribution in [-0.4, -0.2) is 26.2 Å². The normalized spacial score (nSPS) is 12.2. The highest BCUT2D eigenvalue weighted by atomic mass is 35.5. The average molecular weight is 257 g/mol. The summed E-state index contributed by atoms with van der Waals surface area (Å²) >= 11 is 5.94. The van der Waals surface area contributed by atoms with Crippen LogP contribution < -0.4 is 11.1 Å². The molecule has 1 amide bonds. The molecule has 0 aliphatic heterocycles. The number of amides is 1. The van der Waals surface area contributed by atoms with Gasteiger partial charge in [0.15, 0.2) is 0 Å². The number of anilines is 1. The lowest BCUT2D eigenvalue weighted by molar-refractivity contribution is 0.100. The van der Waals surface area contributed by atoms with E-state index in [1.165, 1.54) is 0 Å². The standard InChI is InChI=1S/C12H17ClN2O2/c1-8(7-17-2)6-15-9-3-4-10(12(14)16)11(13)5-9/h3-5,8,15H,6-7H2,1-2H3,(H2,14,16). The zero-order valence-corrected chi connectivity index (χ0v) is 10.8. The molecule has 0 aliphatic rings. The van der Waals surface area contributed by atoms with E-state index in [4.69, 9.17) is 22.1 Å². The van der Waals surface area contributed by atoms with Gasteiger partial charge in [0.05, 0.1) is 17.2 Å². The van der Waals surface area contributed by atoms with Crippen LogP contribution in [0.15, 0.2) is 18.2 Å². The van der Waals surface area contributed by atoms with Gasteiger partial charge in [-0.3, -0.25) is 4.79 Å². The zero-order valence-electron chi connectivity index (χ0n) is 10.00. The van der Waals surface area contributed by atoms with E-state index in [9.17, 15) is 4.79 Å². The Bertz CT molecular complexity index is 396. The smallest absolute Gasteiger partial charge is 0.250 e. The largest absolute Gasteiger partial charge is 0.385 e. The highest BCUT2D eigenvalue weighted by molar-refractivity contribution is 6.34. The monoisotopic (exact) mass is 256 g/mol. The van der Waals surface area contributed by atoms with Gasteiger partial charge in [-0.15, -0.1) is 0 Å². The SMILES string of the molecule is COCC(C)CNc1ccc(C(N)=O)c(Cl)c1. The van der Waals surface area contributed by atoms with Crippen LogP contribution in [0.1, 0.15) is 17.3 Å². The molecule has 0 saturated heterocycles. The molecular weight excluding hydrogens is 240 g/mol. The molecule has 0 saturated carbocycles. The summed E-state index contributed by atoms with van der Waals surface area (Å²) in [5.74, 6) is -0.121. The molecule has 1 aromatic carbocycles. The molecule has 5 heteroatoms. The van der Waals surface area contributed by atoms with Gasteiger partial charge in [0, 0.05) is 19.3 Å². The van der Waals surface area contributed by atoms with Crippen LogP contribution in [0.2, 0.25) is 5.02 Å². The molecule has 94 valence electrons. The van der Waals surface area contributed by atoms with Crippen molar-refractivity contribution in [1.82, 2.24) is 0 Å². The van der Waals surface area contributed by atoms with Gasteiger partial charge < -0.3 is 15.8 Å². The molecule has 0 aromatic heterocycles. The van der Waals surface area contributed by atoms with E-state index in [0.717, 1.165) is 12.2 Å². The lowest BCUT2D eigenvalue weighted by atomic mass is 10.1. The van der Waals surface area contributed by atoms with E-state index in [-0.39, 0.29) is 0 Å². The Morgan fingerprint density at radius 2 is 2.29 bits per heavy atom. The van der Waals surface area contributed by atoms with E-state index < -0.39 is 5.91 Å². The van der Waals surface area contributed by atoms with Gasteiger partial charge in [0.1, 0.15) is 0 Å². The van der Waals surface area contributed by atoms with Crippen molar-refractivity contribution in [2.24, 2.45) is 11.7 Å². The number of rotatable bonds is 6. The first-order valence-electron chi connectivity index (χ1n) is 5.36. The summed E-state index contributed by atoms with van der Waals surface area (Å²) in [4.78, 5) is 11.0. The highest BCUT2D eigenvalue weighted by Crippen LogP contribution is 2.20. The number of hydrogen-bond acceptors (Lipinski definition) is 3. The Morgan fingerprint density at radius 3 is 2.82 bits per heavy atom. The molecule has 1 atom stereocenters. The molecule has 1 aromatic rings. The maximum atomic E-state index is 11.0. The number of halogens is 1. The van der Waals surface area contributed by atoms with Crippen molar-refractivity contribution in [1.29, 1.82) is 0 Å². The lowest BCUT2D eigenvalue weighted by Gasteiger charge is -2.13. The Balaban J connectivity index is 2.62. The van der Waals surface area contributed by atoms with E-state index in [2.05, 4.69) is 12.2 Å². The van der Waals surface area contributed by atoms with Gasteiger partial charge in [-0.2, -0.15) is 0 Å². The fourth-order valence-electron chi connectivity index (χ4n) is 1.46. The Labute approximate surface area is 106 Å². The minimum atomic E-state index is -0.519. The second kappa shape index (κ2) is 6.47. The summed E-state index contributed by atoms with van der Waals surface area (Å²) in [6.07, 6.45) is 0. The first-order chi connectivity index (χ1) is 8.04. The quantitative estimate of drug-likeness (QED) is 0.820. The number of methoxy groups -OCH3 is 1. The van der Waals surface area contributed by atoms with Crippen LogP contribution in [0, 0.1) is 5.92 Å². The predicted molar refractivity (Wildman–Crippen MR) is 69.5 cm³/mol. The van der Waals surface area contributed by atoms with Gasteiger partial charge in [-0.25, -0.2) is 0 Å². The van der Waals surface area contributed by atoms with Gasteiger partial charge in [0.25, 0.3) is 0 Å². The fourth-order valence-corrected chi connectivity index (χ4v) is 1.73. The first-order valence-corrected chi connectivity index (χ1v) is 5.74. The minimum absolute atomic E-state index is 0.335. The molecule has 0 radical (unpaired) electrons. The van der Waals surface area contributed by atoms with Gasteiger partial charge in [-0.05, 0) is 24.1 Å². The summed E-state index contributed by atoms with van der Waals surface area (Å²) in [5, 5.41) is 3.58. The molecule has 0 spiro atoms. The van der Waals surface area contributed by atoms with E-state index >= 15 is 0 Å². The number of ether oxygens (including phenoxy) is 1. The van der Waals surface area contributed by atoms with Crippen molar-refractivity contribution in [3.8, 4) is 0 Å². The predicted octanol–water partition coefficient (Wildman–Crippen LogP) is 2.13. The number of nitrogens with two attached hydrogens (primary N) is 1. The van der Waals surface area contributed by atoms with Crippen molar-refractivity contribution in [3.05, 3.63) is 28.8 Å². The van der Waals surface area contributed by atoms with E-state index in [1.807, 2.05) is 0 Å². The average Bonchev–Trinajstić information content (AvgIpc) is 2.26. The molecule has 17 heavy (non-hydrogen) atoms. The fraction of sp³-hybridized carbons (Fsp3) is 0.417. The third-order valence-corrected chi connectivity index (χ3v) is 2.65. The number of benzene rings is 1. The van der Waals surface area contributed by atoms with Crippen LogP contribution in [-0.2, 0) is 4.74 Å². The van der Waals surface area contributed by atoms with Gasteiger partial charge >= 0.3 is 0 Å². The Kier molecular flexibility index (Phi) is 5.25. The third-order valence-electron chi connectivity index (χ3n) is 2.34. The summed E-state index contributed by atoms with van der Waals surface area (Å²) in [6.45, 7) is 3.55. The van der Waals surface area contributed by atoms with Crippen molar-refractivity contribution < 1.29 is 9.53 Å². The van der Waals surface area contributed by atoms with Crippen LogP contribution in [0.4, 0.5) is 5.69 Å². The number of hydrogen-bond donors (Lipinski definition) is 2. The highest BCUT2D eigenvalue weighted by Gasteiger charge is 2.07. The molecule has 0 fully saturated rings. The van der Waals surface area contributed by atoms with Crippen LogP contribution in [0.25, 0.3) is 0 Å². The van der Waals surface area contributed by atoms with Crippen LogP contribution in [0.5, 0.6) is 0 Å². The molecular formula is C12H17ClN2O2.